The summed E-state index contributed by atoms with van der Waals surface area (Å²) < 4.78 is 5.98. The Bertz CT molecular complexity index is 710. The summed E-state index contributed by atoms with van der Waals surface area (Å²) in [5, 5.41) is 9.75. The molecule has 114 valence electrons. The van der Waals surface area contributed by atoms with Gasteiger partial charge >= 0.3 is 0 Å². The van der Waals surface area contributed by atoms with E-state index in [9.17, 15) is 5.26 Å². The molecule has 0 N–H and O–H groups in total. The Morgan fingerprint density at radius 3 is 2.64 bits per heavy atom. The van der Waals surface area contributed by atoms with Crippen LogP contribution in [0.3, 0.4) is 0 Å². The average molecular weight is 333 g/mol. The van der Waals surface area contributed by atoms with E-state index in [4.69, 9.17) is 16.3 Å². The highest BCUT2D eigenvalue weighted by Crippen LogP contribution is 2.36. The molecular formula is C17H17ClN2OS. The van der Waals surface area contributed by atoms with Crippen molar-refractivity contribution in [3.63, 3.8) is 0 Å². The minimum absolute atomic E-state index is 0.467. The monoisotopic (exact) mass is 332 g/mol. The molecule has 0 spiro atoms. The first-order valence-electron chi connectivity index (χ1n) is 6.73. The predicted octanol–water partition coefficient (Wildman–Crippen LogP) is 4.79. The van der Waals surface area contributed by atoms with Gasteiger partial charge in [-0.25, -0.2) is 0 Å². The van der Waals surface area contributed by atoms with Crippen LogP contribution in [0.1, 0.15) is 11.1 Å². The molecule has 3 nitrogen and oxygen atoms in total. The van der Waals surface area contributed by atoms with Gasteiger partial charge in [0.15, 0.2) is 0 Å². The molecule has 2 rings (SSSR count). The van der Waals surface area contributed by atoms with Crippen molar-refractivity contribution in [2.75, 3.05) is 20.4 Å². The molecule has 0 aliphatic heterocycles. The summed E-state index contributed by atoms with van der Waals surface area (Å²) in [5.74, 6) is 1.22. The van der Waals surface area contributed by atoms with Crippen LogP contribution in [0, 0.1) is 11.3 Å². The fourth-order valence-corrected chi connectivity index (χ4v) is 3.00. The van der Waals surface area contributed by atoms with E-state index in [2.05, 4.69) is 17.0 Å². The van der Waals surface area contributed by atoms with Crippen LogP contribution in [0.15, 0.2) is 41.3 Å². The van der Waals surface area contributed by atoms with Crippen LogP contribution in [0.25, 0.3) is 0 Å². The molecule has 5 heteroatoms. The maximum absolute atomic E-state index is 9.20. The van der Waals surface area contributed by atoms with E-state index in [0.29, 0.717) is 16.3 Å². The number of thioether (sulfide) groups is 1. The van der Waals surface area contributed by atoms with E-state index < -0.39 is 0 Å². The molecule has 0 aliphatic rings. The van der Waals surface area contributed by atoms with Crippen LogP contribution in [0.5, 0.6) is 11.5 Å². The Kier molecular flexibility index (Phi) is 5.73. The van der Waals surface area contributed by atoms with Crippen LogP contribution >= 0.6 is 23.4 Å². The molecule has 0 unspecified atom stereocenters. The first-order valence-corrected chi connectivity index (χ1v) is 8.33. The number of benzene rings is 2. The van der Waals surface area contributed by atoms with E-state index in [1.807, 2.05) is 32.5 Å². The molecular weight excluding hydrogens is 316 g/mol. The second-order valence-corrected chi connectivity index (χ2v) is 6.29. The van der Waals surface area contributed by atoms with Crippen molar-refractivity contribution in [2.45, 2.75) is 11.4 Å². The number of hydrogen-bond donors (Lipinski definition) is 0. The quantitative estimate of drug-likeness (QED) is 0.738. The Morgan fingerprint density at radius 2 is 2.00 bits per heavy atom. The molecule has 2 aromatic carbocycles. The molecule has 2 aromatic rings. The van der Waals surface area contributed by atoms with Crippen molar-refractivity contribution >= 4 is 23.4 Å². The third-order valence-electron chi connectivity index (χ3n) is 3.04. The molecule has 0 radical (unpaired) electrons. The first-order chi connectivity index (χ1) is 10.5. The van der Waals surface area contributed by atoms with Gasteiger partial charge in [0.2, 0.25) is 0 Å². The van der Waals surface area contributed by atoms with Crippen molar-refractivity contribution in [3.8, 4) is 17.6 Å². The highest BCUT2D eigenvalue weighted by molar-refractivity contribution is 7.98. The molecule has 0 bridgehead atoms. The third kappa shape index (κ3) is 3.95. The molecule has 22 heavy (non-hydrogen) atoms. The van der Waals surface area contributed by atoms with Crippen LogP contribution in [0.2, 0.25) is 5.02 Å². The van der Waals surface area contributed by atoms with Gasteiger partial charge in [-0.15, -0.1) is 11.8 Å². The fourth-order valence-electron chi connectivity index (χ4n) is 2.13. The fraction of sp³-hybridized carbons (Fsp3) is 0.235. The zero-order chi connectivity index (χ0) is 16.1. The lowest BCUT2D eigenvalue weighted by Crippen LogP contribution is -2.11. The van der Waals surface area contributed by atoms with E-state index in [1.165, 1.54) is 5.56 Å². The van der Waals surface area contributed by atoms with Gasteiger partial charge in [-0.3, -0.25) is 0 Å². The van der Waals surface area contributed by atoms with Gasteiger partial charge in [-0.05, 0) is 44.1 Å². The van der Waals surface area contributed by atoms with Crippen molar-refractivity contribution < 1.29 is 4.74 Å². The summed E-state index contributed by atoms with van der Waals surface area (Å²) in [6, 6.07) is 13.1. The number of rotatable bonds is 5. The van der Waals surface area contributed by atoms with Gasteiger partial charge < -0.3 is 9.64 Å². The van der Waals surface area contributed by atoms with Gasteiger partial charge in [0.1, 0.15) is 17.6 Å². The number of halogens is 1. The van der Waals surface area contributed by atoms with Crippen molar-refractivity contribution in [2.24, 2.45) is 0 Å². The summed E-state index contributed by atoms with van der Waals surface area (Å²) in [6.45, 7) is 0.827. The third-order valence-corrected chi connectivity index (χ3v) is 4.14. The topological polar surface area (TPSA) is 36.3 Å². The van der Waals surface area contributed by atoms with E-state index in [0.717, 1.165) is 17.2 Å². The highest BCUT2D eigenvalue weighted by atomic mass is 35.5. The first kappa shape index (κ1) is 16.7. The lowest BCUT2D eigenvalue weighted by Gasteiger charge is -2.17. The second-order valence-electron chi connectivity index (χ2n) is 5.04. The van der Waals surface area contributed by atoms with E-state index in [-0.39, 0.29) is 0 Å². The van der Waals surface area contributed by atoms with Crippen molar-refractivity contribution in [1.29, 1.82) is 5.26 Å². The van der Waals surface area contributed by atoms with Gasteiger partial charge in [-0.1, -0.05) is 23.7 Å². The summed E-state index contributed by atoms with van der Waals surface area (Å²) in [6.07, 6.45) is 2.02. The van der Waals surface area contributed by atoms with E-state index >= 15 is 0 Å². The molecule has 0 aromatic heterocycles. The standard InChI is InChI=1S/C17H17ClN2OS/c1-20(2)11-13-5-4-6-15(17(13)22-3)21-16-9-14(18)8-7-12(16)10-19/h4-9H,11H2,1-3H3. The van der Waals surface area contributed by atoms with Crippen LogP contribution < -0.4 is 4.74 Å². The summed E-state index contributed by atoms with van der Waals surface area (Å²) in [4.78, 5) is 3.18. The second kappa shape index (κ2) is 7.55. The number of hydrogen-bond acceptors (Lipinski definition) is 4. The normalized spacial score (nSPS) is 10.5. The van der Waals surface area contributed by atoms with Crippen LogP contribution in [-0.2, 0) is 6.54 Å². The molecule has 0 atom stereocenters. The molecule has 0 saturated heterocycles. The summed E-state index contributed by atoms with van der Waals surface area (Å²) in [7, 11) is 4.06. The Balaban J connectivity index is 2.42. The van der Waals surface area contributed by atoms with Crippen LogP contribution in [-0.4, -0.2) is 25.3 Å². The zero-order valence-corrected chi connectivity index (χ0v) is 14.3. The number of nitriles is 1. The Hall–Kier alpha value is -1.67. The van der Waals surface area contributed by atoms with E-state index in [1.54, 1.807) is 30.0 Å². The van der Waals surface area contributed by atoms with Crippen molar-refractivity contribution in [1.82, 2.24) is 4.90 Å². The highest BCUT2D eigenvalue weighted by Gasteiger charge is 2.12. The molecule has 0 saturated carbocycles. The summed E-state index contributed by atoms with van der Waals surface area (Å²) >= 11 is 7.65. The Labute approximate surface area is 140 Å². The number of ether oxygens (including phenoxy) is 1. The smallest absolute Gasteiger partial charge is 0.146 e. The van der Waals surface area contributed by atoms with Gasteiger partial charge in [-0.2, -0.15) is 5.26 Å². The van der Waals surface area contributed by atoms with Gasteiger partial charge in [0.05, 0.1) is 10.5 Å². The summed E-state index contributed by atoms with van der Waals surface area (Å²) in [5.41, 5.74) is 1.66. The lowest BCUT2D eigenvalue weighted by atomic mass is 10.2. The SMILES string of the molecule is CSc1c(CN(C)C)cccc1Oc1cc(Cl)ccc1C#N. The lowest BCUT2D eigenvalue weighted by molar-refractivity contribution is 0.395. The zero-order valence-electron chi connectivity index (χ0n) is 12.8. The minimum atomic E-state index is 0.467. The molecule has 0 heterocycles. The molecule has 0 fully saturated rings. The maximum Gasteiger partial charge on any atom is 0.146 e. The largest absolute Gasteiger partial charge is 0.455 e. The average Bonchev–Trinajstić information content (AvgIpc) is 2.47. The minimum Gasteiger partial charge on any atom is -0.455 e. The van der Waals surface area contributed by atoms with Gasteiger partial charge in [0.25, 0.3) is 0 Å². The number of nitrogens with zero attached hydrogens (tertiary/aromatic N) is 2. The van der Waals surface area contributed by atoms with Crippen molar-refractivity contribution in [3.05, 3.63) is 52.5 Å². The molecule has 0 aliphatic carbocycles. The van der Waals surface area contributed by atoms with Gasteiger partial charge in [0, 0.05) is 17.6 Å². The molecule has 0 amide bonds. The Morgan fingerprint density at radius 1 is 1.23 bits per heavy atom. The van der Waals surface area contributed by atoms with Crippen LogP contribution in [0.4, 0.5) is 0 Å². The predicted molar refractivity (Wildman–Crippen MR) is 91.9 cm³/mol. The maximum atomic E-state index is 9.20.